The molecule has 0 saturated heterocycles. The molecule has 416 valence electrons. The van der Waals surface area contributed by atoms with Crippen LogP contribution in [0.15, 0.2) is 0 Å². The van der Waals surface area contributed by atoms with Crippen molar-refractivity contribution in [1.29, 1.82) is 0 Å². The molecule has 0 atom stereocenters. The van der Waals surface area contributed by atoms with Crippen molar-refractivity contribution in [2.45, 2.75) is 246 Å². The predicted molar refractivity (Wildman–Crippen MR) is 360 cm³/mol. The summed E-state index contributed by atoms with van der Waals surface area (Å²) in [5, 5.41) is 23.9. The Hall–Kier alpha value is 0.763. The number of benzene rings is 3. The van der Waals surface area contributed by atoms with Crippen LogP contribution in [0, 0.1) is 69.2 Å². The standard InChI is InChI=1S/C60H111Si10.3ClH.Ti/c1-38-39(2)41(4)48(40(38)3)70(49-42(5)52(61(11,12)13)58(67(29,30)31)53(43(49)6)62(14,15)16,50-44(7)54(63(17,18)19)59(68(32,33)34)55(45(50)8)64(20,21)22)51-46(9)56(65(23,24)25)60(69(35,36)37)57(47(51)10)66(26,27)28;;;;/h1-37H3;3*1H;/q-1;;;;+4/p-3. The molecule has 0 aliphatic carbocycles. The zero-order chi connectivity index (χ0) is 55.3. The first-order chi connectivity index (χ1) is 30.7. The minimum Gasteiger partial charge on any atom is -1.00 e. The molecule has 0 amide bonds. The van der Waals surface area contributed by atoms with Gasteiger partial charge in [-0.3, -0.25) is 0 Å². The maximum Gasteiger partial charge on any atom is 4.00 e. The van der Waals surface area contributed by atoms with E-state index in [2.05, 4.69) is 246 Å². The molecule has 0 bridgehead atoms. The van der Waals surface area contributed by atoms with E-state index >= 15 is 0 Å². The largest absolute Gasteiger partial charge is 4.00 e. The molecule has 0 spiro atoms. The van der Waals surface area contributed by atoms with E-state index in [1.54, 1.807) is 49.7 Å². The summed E-state index contributed by atoms with van der Waals surface area (Å²) < 4.78 is 0. The van der Waals surface area contributed by atoms with E-state index in [1.807, 2.05) is 62.2 Å². The number of hydrogen-bond donors (Lipinski definition) is 0. The third-order valence-corrected chi connectivity index (χ3v) is 42.9. The quantitative estimate of drug-likeness (QED) is 0.109. The van der Waals surface area contributed by atoms with Crippen LogP contribution in [-0.2, 0) is 21.7 Å². The predicted octanol–water partition coefficient (Wildman–Crippen LogP) is 1.78. The van der Waals surface area contributed by atoms with E-state index in [4.69, 9.17) is 0 Å². The van der Waals surface area contributed by atoms with Crippen LogP contribution in [0.4, 0.5) is 0 Å². The van der Waals surface area contributed by atoms with Gasteiger partial charge in [-0.1, -0.05) is 300 Å². The van der Waals surface area contributed by atoms with Gasteiger partial charge in [-0.15, -0.1) is 5.19 Å². The number of halogens is 3. The molecule has 4 rings (SSSR count). The van der Waals surface area contributed by atoms with Crippen molar-refractivity contribution in [2.24, 2.45) is 0 Å². The van der Waals surface area contributed by atoms with Crippen LogP contribution in [0.25, 0.3) is 0 Å². The SMILES string of the molecule is Cc1c([Si](C)(C)C)c([Si](C)(C)C)c([Si](C)(C)C)c(C)c1[Si](c1c(C)c([Si](C)(C)C)c([Si](C)(C)C)c([Si](C)(C)C)c1C)(c1c(C)c([Si](C)(C)C)c([Si](C)(C)C)c([Si](C)(C)C)c1C)[c-]1c(C)c(C)c(C)c1C.[Cl-].[Cl-].[Cl-].[Ti+4]. The third kappa shape index (κ3) is 12.9. The van der Waals surface area contributed by atoms with Gasteiger partial charge in [0.1, 0.15) is 8.07 Å². The molecule has 0 nitrogen and oxygen atoms in total. The van der Waals surface area contributed by atoms with Crippen molar-refractivity contribution in [3.8, 4) is 0 Å². The van der Waals surface area contributed by atoms with Crippen molar-refractivity contribution >= 4 is 148 Å². The Kier molecular flexibility index (Phi) is 23.4. The van der Waals surface area contributed by atoms with E-state index in [0.717, 1.165) is 0 Å². The zero-order valence-electron chi connectivity index (χ0n) is 55.1. The number of rotatable bonds is 13. The molecule has 0 radical (unpaired) electrons. The molecule has 0 aromatic heterocycles. The van der Waals surface area contributed by atoms with Crippen molar-refractivity contribution in [2.75, 3.05) is 0 Å². The summed E-state index contributed by atoms with van der Waals surface area (Å²) in [5.41, 5.74) is 16.5. The fraction of sp³-hybridized carbons (Fsp3) is 0.617. The van der Waals surface area contributed by atoms with Gasteiger partial charge in [0.25, 0.3) is 0 Å². The average Bonchev–Trinajstić information content (AvgIpc) is 3.27. The summed E-state index contributed by atoms with van der Waals surface area (Å²) >= 11 is 0. The molecule has 0 saturated carbocycles. The van der Waals surface area contributed by atoms with E-state index in [-0.39, 0.29) is 58.9 Å². The molecular weight excluding hydrogens is 1160 g/mol. The topological polar surface area (TPSA) is 0 Å². The van der Waals surface area contributed by atoms with Crippen molar-refractivity contribution in [3.63, 3.8) is 0 Å². The first kappa shape index (κ1) is 74.8. The summed E-state index contributed by atoms with van der Waals surface area (Å²) in [6, 6.07) is 0. The summed E-state index contributed by atoms with van der Waals surface area (Å²) in [6.07, 6.45) is 0. The van der Waals surface area contributed by atoms with E-state index in [9.17, 15) is 0 Å². The minimum absolute atomic E-state index is 0. The molecular formula is C60H111Cl3Si10Ti. The van der Waals surface area contributed by atoms with Crippen molar-refractivity contribution < 1.29 is 58.9 Å². The second kappa shape index (κ2) is 23.2. The van der Waals surface area contributed by atoms with Crippen LogP contribution in [0.1, 0.15) is 55.6 Å². The molecule has 0 heterocycles. The monoisotopic (exact) mass is 1260 g/mol. The molecule has 0 unspecified atom stereocenters. The summed E-state index contributed by atoms with van der Waals surface area (Å²) in [4.78, 5) is 0. The van der Waals surface area contributed by atoms with Crippen molar-refractivity contribution in [1.82, 2.24) is 0 Å². The molecule has 0 fully saturated rings. The molecule has 14 heteroatoms. The third-order valence-electron chi connectivity index (χ3n) is 16.7. The maximum atomic E-state index is 2.72. The van der Waals surface area contributed by atoms with Crippen LogP contribution in [-0.4, -0.2) is 80.7 Å². The van der Waals surface area contributed by atoms with Gasteiger partial charge in [0.15, 0.2) is 0 Å². The Balaban J connectivity index is 0.0000133. The summed E-state index contributed by atoms with van der Waals surface area (Å²) in [7, 11) is -20.9. The van der Waals surface area contributed by atoms with Gasteiger partial charge in [0.2, 0.25) is 0 Å². The van der Waals surface area contributed by atoms with E-state index in [0.29, 0.717) is 0 Å². The van der Waals surface area contributed by atoms with Crippen LogP contribution < -0.4 is 105 Å². The molecule has 0 aliphatic heterocycles. The zero-order valence-corrected chi connectivity index (χ0v) is 69.0. The van der Waals surface area contributed by atoms with Crippen molar-refractivity contribution in [3.05, 3.63) is 55.6 Å². The first-order valence-corrected chi connectivity index (χ1v) is 61.0. The summed E-state index contributed by atoms with van der Waals surface area (Å²) in [5.74, 6) is 0. The molecule has 74 heavy (non-hydrogen) atoms. The molecule has 0 N–H and O–H groups in total. The second-order valence-corrected chi connectivity index (χ2v) is 80.6. The first-order valence-electron chi connectivity index (χ1n) is 27.5. The molecule has 4 aromatic carbocycles. The Morgan fingerprint density at radius 2 is 0.311 bits per heavy atom. The van der Waals surface area contributed by atoms with E-state index in [1.165, 1.54) is 11.1 Å². The minimum atomic E-state index is -3.39. The fourth-order valence-electron chi connectivity index (χ4n) is 15.2. The van der Waals surface area contributed by atoms with Gasteiger partial charge in [0, 0.05) is 0 Å². The van der Waals surface area contributed by atoms with Gasteiger partial charge in [-0.2, -0.15) is 22.3 Å². The normalized spacial score (nSPS) is 13.6. The van der Waals surface area contributed by atoms with Gasteiger partial charge < -0.3 is 37.2 Å². The molecule has 0 aliphatic rings. The smallest absolute Gasteiger partial charge is 1.00 e. The van der Waals surface area contributed by atoms with Gasteiger partial charge in [-0.25, -0.2) is 0 Å². The van der Waals surface area contributed by atoms with Gasteiger partial charge in [-0.05, 0) is 41.5 Å². The van der Waals surface area contributed by atoms with E-state index < -0.39 is 80.7 Å². The Morgan fingerprint density at radius 3 is 0.419 bits per heavy atom. The Bertz CT molecular complexity index is 2350. The Morgan fingerprint density at radius 1 is 0.189 bits per heavy atom. The fourth-order valence-corrected chi connectivity index (χ4v) is 55.3. The van der Waals surface area contributed by atoms with Crippen LogP contribution in [0.2, 0.25) is 177 Å². The van der Waals surface area contributed by atoms with Crippen LogP contribution in [0.3, 0.4) is 0 Å². The maximum absolute atomic E-state index is 3.39. The molecule has 4 aromatic rings. The van der Waals surface area contributed by atoms with Gasteiger partial charge >= 0.3 is 21.7 Å². The second-order valence-electron chi connectivity index (χ2n) is 32.1. The average molecular weight is 1270 g/mol. The van der Waals surface area contributed by atoms with Gasteiger partial charge in [0.05, 0.1) is 72.7 Å². The van der Waals surface area contributed by atoms with Crippen LogP contribution >= 0.6 is 0 Å². The van der Waals surface area contributed by atoms with Crippen LogP contribution in [0.5, 0.6) is 0 Å². The Labute approximate surface area is 503 Å². The summed E-state index contributed by atoms with van der Waals surface area (Å²) in [6.45, 7) is 99.9. The number of hydrogen-bond acceptors (Lipinski definition) is 0.